The van der Waals surface area contributed by atoms with E-state index in [4.69, 9.17) is 18.1 Å². The summed E-state index contributed by atoms with van der Waals surface area (Å²) in [5.41, 5.74) is 0. The molecule has 0 amide bonds. The Bertz CT molecular complexity index is 209. The summed E-state index contributed by atoms with van der Waals surface area (Å²) in [7, 11) is 9.20. The molecule has 10 atom stereocenters. The first kappa shape index (κ1) is 13.0. The van der Waals surface area contributed by atoms with Crippen molar-refractivity contribution in [1.29, 1.82) is 0 Å². The Kier molecular flexibility index (Phi) is 4.74. The van der Waals surface area contributed by atoms with E-state index in [1.165, 1.54) is 0 Å². The molecule has 0 aliphatic heterocycles. The van der Waals surface area contributed by atoms with E-state index in [1.54, 1.807) is 0 Å². The molecule has 15 heavy (non-hydrogen) atoms. The first-order valence-corrected chi connectivity index (χ1v) is 6.59. The van der Waals surface area contributed by atoms with Gasteiger partial charge in [-0.05, 0) is 18.3 Å². The first-order valence-electron chi connectivity index (χ1n) is 4.70. The third-order valence-corrected chi connectivity index (χ3v) is 4.59. The second-order valence-corrected chi connectivity index (χ2v) is 5.05. The fraction of sp³-hybridized carbons (Fsp3) is 1.00. The van der Waals surface area contributed by atoms with E-state index in [2.05, 4.69) is 37.9 Å². The van der Waals surface area contributed by atoms with E-state index in [9.17, 15) is 0 Å². The summed E-state index contributed by atoms with van der Waals surface area (Å²) in [6.45, 7) is 0. The molecule has 2 aliphatic carbocycles. The molecule has 0 saturated heterocycles. The van der Waals surface area contributed by atoms with Gasteiger partial charge in [0.05, 0.1) is 12.2 Å². The van der Waals surface area contributed by atoms with E-state index in [-0.39, 0.29) is 24.4 Å². The van der Waals surface area contributed by atoms with Crippen LogP contribution in [0.3, 0.4) is 0 Å². The fourth-order valence-corrected chi connectivity index (χ4v) is 3.85. The molecule has 0 aromatic heterocycles. The van der Waals surface area contributed by atoms with E-state index in [0.29, 0.717) is 11.8 Å². The lowest BCUT2D eigenvalue weighted by Crippen LogP contribution is -2.51. The van der Waals surface area contributed by atoms with Crippen LogP contribution in [-0.2, 0) is 18.1 Å². The van der Waals surface area contributed by atoms with Crippen LogP contribution in [0.4, 0.5) is 0 Å². The van der Waals surface area contributed by atoms with E-state index in [0.717, 1.165) is 6.42 Å². The summed E-state index contributed by atoms with van der Waals surface area (Å²) < 4.78 is 21.6. The van der Waals surface area contributed by atoms with Crippen molar-refractivity contribution in [1.82, 2.24) is 0 Å². The van der Waals surface area contributed by atoms with Gasteiger partial charge in [0.25, 0.3) is 0 Å². The van der Waals surface area contributed by atoms with Crippen LogP contribution < -0.4 is 0 Å². The molecular formula is C7H16O4P4. The van der Waals surface area contributed by atoms with Crippen molar-refractivity contribution < 1.29 is 18.1 Å². The smallest absolute Gasteiger partial charge is 0.117 e. The maximum Gasteiger partial charge on any atom is 0.117 e. The number of hydrogen-bond donors (Lipinski definition) is 0. The average molecular weight is 288 g/mol. The topological polar surface area (TPSA) is 36.9 Å². The van der Waals surface area contributed by atoms with Gasteiger partial charge in [0.2, 0.25) is 0 Å². The molecule has 4 nitrogen and oxygen atoms in total. The molecule has 2 rings (SSSR count). The van der Waals surface area contributed by atoms with Gasteiger partial charge < -0.3 is 18.1 Å². The summed E-state index contributed by atoms with van der Waals surface area (Å²) in [4.78, 5) is 0. The first-order chi connectivity index (χ1) is 7.28. The SMILES string of the molecule is POC1C(OP)C(OP)[C@@H]2C[C@@H]2C1OP. The zero-order valence-corrected chi connectivity index (χ0v) is 12.7. The van der Waals surface area contributed by atoms with Gasteiger partial charge >= 0.3 is 0 Å². The molecular weight excluding hydrogens is 272 g/mol. The number of rotatable bonds is 4. The third kappa shape index (κ3) is 2.26. The summed E-state index contributed by atoms with van der Waals surface area (Å²) in [5, 5.41) is 0. The van der Waals surface area contributed by atoms with E-state index < -0.39 is 0 Å². The Morgan fingerprint density at radius 2 is 0.933 bits per heavy atom. The van der Waals surface area contributed by atoms with Crippen molar-refractivity contribution in [3.05, 3.63) is 0 Å². The van der Waals surface area contributed by atoms with Gasteiger partial charge in [-0.1, -0.05) is 0 Å². The molecule has 2 aliphatic rings. The zero-order chi connectivity index (χ0) is 11.0. The average Bonchev–Trinajstić information content (AvgIpc) is 3.04. The van der Waals surface area contributed by atoms with Crippen LogP contribution in [0.1, 0.15) is 6.42 Å². The maximum absolute atomic E-state index is 5.40. The quantitative estimate of drug-likeness (QED) is 0.732. The molecule has 8 heteroatoms. The van der Waals surface area contributed by atoms with Gasteiger partial charge in [0, 0.05) is 37.9 Å². The Balaban J connectivity index is 2.15. The minimum atomic E-state index is -0.112. The lowest BCUT2D eigenvalue weighted by atomic mass is 9.90. The van der Waals surface area contributed by atoms with Crippen LogP contribution in [0.5, 0.6) is 0 Å². The summed E-state index contributed by atoms with van der Waals surface area (Å²) >= 11 is 0. The highest BCUT2D eigenvalue weighted by Crippen LogP contribution is 2.54. The van der Waals surface area contributed by atoms with Gasteiger partial charge in [0.1, 0.15) is 12.2 Å². The van der Waals surface area contributed by atoms with Crippen LogP contribution in [0, 0.1) is 11.8 Å². The van der Waals surface area contributed by atoms with E-state index in [1.807, 2.05) is 0 Å². The summed E-state index contributed by atoms with van der Waals surface area (Å²) in [5.74, 6) is 1.05. The van der Waals surface area contributed by atoms with Crippen LogP contribution >= 0.6 is 37.9 Å². The molecule has 0 radical (unpaired) electrons. The summed E-state index contributed by atoms with van der Waals surface area (Å²) in [6.07, 6.45) is 1.03. The van der Waals surface area contributed by atoms with Crippen molar-refractivity contribution in [3.63, 3.8) is 0 Å². The van der Waals surface area contributed by atoms with Gasteiger partial charge in [-0.25, -0.2) is 0 Å². The number of hydrogen-bond acceptors (Lipinski definition) is 4. The highest BCUT2D eigenvalue weighted by molar-refractivity contribution is 7.10. The van der Waals surface area contributed by atoms with Crippen LogP contribution in [0.25, 0.3) is 0 Å². The van der Waals surface area contributed by atoms with Crippen molar-refractivity contribution in [3.8, 4) is 0 Å². The van der Waals surface area contributed by atoms with Gasteiger partial charge in [0.15, 0.2) is 0 Å². The molecule has 0 heterocycles. The van der Waals surface area contributed by atoms with Crippen LogP contribution in [0.2, 0.25) is 0 Å². The van der Waals surface area contributed by atoms with Gasteiger partial charge in [-0.15, -0.1) is 0 Å². The fourth-order valence-electron chi connectivity index (χ4n) is 2.52. The van der Waals surface area contributed by atoms with Gasteiger partial charge in [-0.3, -0.25) is 0 Å². The molecule has 0 bridgehead atoms. The highest BCUT2D eigenvalue weighted by Gasteiger charge is 2.60. The maximum atomic E-state index is 5.40. The van der Waals surface area contributed by atoms with Crippen molar-refractivity contribution in [2.24, 2.45) is 11.8 Å². The molecule has 2 fully saturated rings. The van der Waals surface area contributed by atoms with E-state index >= 15 is 0 Å². The molecule has 0 N–H and O–H groups in total. The molecule has 0 aromatic rings. The van der Waals surface area contributed by atoms with Crippen LogP contribution in [-0.4, -0.2) is 24.4 Å². The Morgan fingerprint density at radius 1 is 0.600 bits per heavy atom. The monoisotopic (exact) mass is 288 g/mol. The highest BCUT2D eigenvalue weighted by atomic mass is 31.0. The second-order valence-electron chi connectivity index (χ2n) is 3.97. The second kappa shape index (κ2) is 5.47. The minimum absolute atomic E-state index is 0.0689. The standard InChI is InChI=1S/C7H16O4P4/c12-8-4-2-1-3(2)5(9-13)7(11-15)6(4)10-14/h2-7H,1,12-15H2/t2-,3+,4?,5?,6?,7?. The lowest BCUT2D eigenvalue weighted by molar-refractivity contribution is -0.0845. The minimum Gasteiger partial charge on any atom is -0.359 e. The van der Waals surface area contributed by atoms with Gasteiger partial charge in [-0.2, -0.15) is 0 Å². The predicted molar refractivity (Wildman–Crippen MR) is 69.9 cm³/mol. The van der Waals surface area contributed by atoms with Crippen molar-refractivity contribution in [2.45, 2.75) is 30.8 Å². The molecule has 0 spiro atoms. The predicted octanol–water partition coefficient (Wildman–Crippen LogP) is 1.34. The molecule has 88 valence electrons. The molecule has 8 unspecified atom stereocenters. The largest absolute Gasteiger partial charge is 0.359 e. The number of fused-ring (bicyclic) bond motifs is 1. The third-order valence-electron chi connectivity index (χ3n) is 3.34. The zero-order valence-electron chi connectivity index (χ0n) is 8.11. The molecule has 0 aromatic carbocycles. The molecule has 2 saturated carbocycles. The Hall–Kier alpha value is 1.56. The van der Waals surface area contributed by atoms with Crippen LogP contribution in [0.15, 0.2) is 0 Å². The van der Waals surface area contributed by atoms with Crippen molar-refractivity contribution in [2.75, 3.05) is 0 Å². The normalized spacial score (nSPS) is 48.8. The lowest BCUT2D eigenvalue weighted by Gasteiger charge is -2.39. The Morgan fingerprint density at radius 3 is 1.20 bits per heavy atom. The summed E-state index contributed by atoms with van der Waals surface area (Å²) in [6, 6.07) is 0. The van der Waals surface area contributed by atoms with Crippen molar-refractivity contribution >= 4 is 37.9 Å². The Labute approximate surface area is 99.0 Å².